The molecule has 0 atom stereocenters. The van der Waals surface area contributed by atoms with Crippen LogP contribution in [0.25, 0.3) is 0 Å². The number of unbranched alkanes of at least 4 members (excludes halogenated alkanes) is 3. The molecule has 0 aromatic heterocycles. The van der Waals surface area contributed by atoms with Crippen molar-refractivity contribution in [2.75, 3.05) is 6.61 Å². The molecular weight excluding hydrogens is 328 g/mol. The Kier molecular flexibility index (Phi) is 8.61. The molecule has 0 saturated carbocycles. The second kappa shape index (κ2) is 11.0. The standard InChI is InChI=1S/C22H28O2S/c1-3-5-7-8-18-9-11-19(12-10-18)22(23)25-21-15-13-20(14-16-21)24-17-6-4-2/h9-16H,3-8,17H2,1-2H3. The highest BCUT2D eigenvalue weighted by atomic mass is 32.2. The van der Waals surface area contributed by atoms with Crippen LogP contribution in [0.4, 0.5) is 0 Å². The zero-order valence-corrected chi connectivity index (χ0v) is 16.1. The molecule has 0 N–H and O–H groups in total. The zero-order chi connectivity index (χ0) is 17.9. The summed E-state index contributed by atoms with van der Waals surface area (Å²) in [4.78, 5) is 13.4. The molecule has 2 nitrogen and oxygen atoms in total. The summed E-state index contributed by atoms with van der Waals surface area (Å²) in [6.45, 7) is 5.10. The number of carbonyl (C=O) groups excluding carboxylic acids is 1. The molecule has 0 saturated heterocycles. The van der Waals surface area contributed by atoms with E-state index >= 15 is 0 Å². The van der Waals surface area contributed by atoms with Gasteiger partial charge in [0, 0.05) is 10.5 Å². The largest absolute Gasteiger partial charge is 0.494 e. The molecule has 0 amide bonds. The smallest absolute Gasteiger partial charge is 0.224 e. The molecule has 0 fully saturated rings. The lowest BCUT2D eigenvalue weighted by atomic mass is 10.1. The molecule has 0 radical (unpaired) electrons. The molecule has 0 unspecified atom stereocenters. The van der Waals surface area contributed by atoms with Gasteiger partial charge in [0.2, 0.25) is 5.12 Å². The van der Waals surface area contributed by atoms with Crippen LogP contribution in [0.3, 0.4) is 0 Å². The first-order valence-electron chi connectivity index (χ1n) is 9.27. The molecule has 3 heteroatoms. The van der Waals surface area contributed by atoms with Gasteiger partial charge in [0.1, 0.15) is 5.75 Å². The van der Waals surface area contributed by atoms with E-state index in [1.165, 1.54) is 36.6 Å². The van der Waals surface area contributed by atoms with Gasteiger partial charge in [0.25, 0.3) is 0 Å². The first kappa shape index (κ1) is 19.6. The van der Waals surface area contributed by atoms with Gasteiger partial charge in [-0.3, -0.25) is 4.79 Å². The van der Waals surface area contributed by atoms with E-state index in [0.717, 1.165) is 42.1 Å². The van der Waals surface area contributed by atoms with Crippen molar-refractivity contribution in [3.8, 4) is 5.75 Å². The van der Waals surface area contributed by atoms with E-state index in [0.29, 0.717) is 0 Å². The Morgan fingerprint density at radius 3 is 2.20 bits per heavy atom. The predicted molar refractivity (Wildman–Crippen MR) is 107 cm³/mol. The van der Waals surface area contributed by atoms with Gasteiger partial charge in [0.15, 0.2) is 0 Å². The van der Waals surface area contributed by atoms with Crippen LogP contribution < -0.4 is 4.74 Å². The van der Waals surface area contributed by atoms with Crippen LogP contribution in [0.15, 0.2) is 53.4 Å². The van der Waals surface area contributed by atoms with Crippen LogP contribution >= 0.6 is 11.8 Å². The lowest BCUT2D eigenvalue weighted by Crippen LogP contribution is -1.96. The molecule has 134 valence electrons. The van der Waals surface area contributed by atoms with Crippen molar-refractivity contribution < 1.29 is 9.53 Å². The van der Waals surface area contributed by atoms with Crippen molar-refractivity contribution in [2.24, 2.45) is 0 Å². The third kappa shape index (κ3) is 6.95. The normalized spacial score (nSPS) is 10.6. The minimum atomic E-state index is 0.0831. The highest BCUT2D eigenvalue weighted by Crippen LogP contribution is 2.25. The number of thioether (sulfide) groups is 1. The average Bonchev–Trinajstić information content (AvgIpc) is 2.64. The minimum Gasteiger partial charge on any atom is -0.494 e. The summed E-state index contributed by atoms with van der Waals surface area (Å²) in [5.74, 6) is 0.863. The lowest BCUT2D eigenvalue weighted by molar-refractivity contribution is 0.108. The van der Waals surface area contributed by atoms with E-state index < -0.39 is 0 Å². The van der Waals surface area contributed by atoms with E-state index in [1.54, 1.807) is 0 Å². The molecule has 2 aromatic rings. The van der Waals surface area contributed by atoms with Crippen molar-refractivity contribution in [1.82, 2.24) is 0 Å². The predicted octanol–water partition coefficient (Wildman–Crippen LogP) is 6.53. The maximum atomic E-state index is 12.4. The number of benzene rings is 2. The molecule has 0 bridgehead atoms. The Morgan fingerprint density at radius 2 is 1.56 bits per heavy atom. The van der Waals surface area contributed by atoms with Crippen LogP contribution in [0.2, 0.25) is 0 Å². The van der Waals surface area contributed by atoms with Gasteiger partial charge < -0.3 is 4.74 Å². The molecule has 0 aliphatic rings. The first-order chi connectivity index (χ1) is 12.2. The summed E-state index contributed by atoms with van der Waals surface area (Å²) in [5.41, 5.74) is 2.07. The van der Waals surface area contributed by atoms with Crippen LogP contribution in [0.5, 0.6) is 5.75 Å². The first-order valence-corrected chi connectivity index (χ1v) is 10.1. The minimum absolute atomic E-state index is 0.0831. The van der Waals surface area contributed by atoms with Crippen molar-refractivity contribution in [3.05, 3.63) is 59.7 Å². The van der Waals surface area contributed by atoms with Gasteiger partial charge in [-0.25, -0.2) is 0 Å². The fourth-order valence-corrected chi connectivity index (χ4v) is 3.23. The number of hydrogen-bond donors (Lipinski definition) is 0. The lowest BCUT2D eigenvalue weighted by Gasteiger charge is -2.06. The summed E-state index contributed by atoms with van der Waals surface area (Å²) in [7, 11) is 0. The van der Waals surface area contributed by atoms with Gasteiger partial charge >= 0.3 is 0 Å². The van der Waals surface area contributed by atoms with Crippen molar-refractivity contribution in [1.29, 1.82) is 0 Å². The third-order valence-corrected chi connectivity index (χ3v) is 4.99. The Morgan fingerprint density at radius 1 is 0.880 bits per heavy atom. The van der Waals surface area contributed by atoms with Crippen molar-refractivity contribution in [2.45, 2.75) is 57.3 Å². The molecule has 0 aliphatic heterocycles. The monoisotopic (exact) mass is 356 g/mol. The van der Waals surface area contributed by atoms with Crippen LogP contribution in [0, 0.1) is 0 Å². The Bertz CT molecular complexity index is 632. The Hall–Kier alpha value is -1.74. The van der Waals surface area contributed by atoms with E-state index in [4.69, 9.17) is 4.74 Å². The second-order valence-electron chi connectivity index (χ2n) is 6.22. The maximum absolute atomic E-state index is 12.4. The summed E-state index contributed by atoms with van der Waals surface area (Å²) < 4.78 is 5.65. The van der Waals surface area contributed by atoms with Crippen LogP contribution in [-0.4, -0.2) is 11.7 Å². The summed E-state index contributed by atoms with van der Waals surface area (Å²) in [5, 5.41) is 0.0831. The molecule has 25 heavy (non-hydrogen) atoms. The molecule has 0 spiro atoms. The maximum Gasteiger partial charge on any atom is 0.224 e. The molecule has 2 aromatic carbocycles. The molecule has 0 aliphatic carbocycles. The second-order valence-corrected chi connectivity index (χ2v) is 7.26. The summed E-state index contributed by atoms with van der Waals surface area (Å²) in [6, 6.07) is 15.8. The third-order valence-electron chi connectivity index (χ3n) is 4.06. The number of aryl methyl sites for hydroxylation is 1. The van der Waals surface area contributed by atoms with Gasteiger partial charge in [-0.1, -0.05) is 57.4 Å². The van der Waals surface area contributed by atoms with Gasteiger partial charge in [-0.15, -0.1) is 0 Å². The number of carbonyl (C=O) groups is 1. The van der Waals surface area contributed by atoms with Crippen LogP contribution in [0.1, 0.15) is 61.9 Å². The molecule has 2 rings (SSSR count). The fraction of sp³-hybridized carbons (Fsp3) is 0.409. The number of hydrogen-bond acceptors (Lipinski definition) is 3. The SMILES string of the molecule is CCCCCc1ccc(C(=O)Sc2ccc(OCCCC)cc2)cc1. The topological polar surface area (TPSA) is 26.3 Å². The van der Waals surface area contributed by atoms with Gasteiger partial charge in [0.05, 0.1) is 6.61 Å². The molecule has 0 heterocycles. The van der Waals surface area contributed by atoms with Gasteiger partial charge in [-0.2, -0.15) is 0 Å². The van der Waals surface area contributed by atoms with Gasteiger partial charge in [-0.05, 0) is 60.9 Å². The number of rotatable bonds is 10. The van der Waals surface area contributed by atoms with E-state index in [9.17, 15) is 4.79 Å². The highest BCUT2D eigenvalue weighted by molar-refractivity contribution is 8.14. The summed E-state index contributed by atoms with van der Waals surface area (Å²) in [6.07, 6.45) is 6.98. The van der Waals surface area contributed by atoms with Crippen molar-refractivity contribution in [3.63, 3.8) is 0 Å². The zero-order valence-electron chi connectivity index (χ0n) is 15.3. The number of ether oxygens (including phenoxy) is 1. The Balaban J connectivity index is 1.86. The van der Waals surface area contributed by atoms with Crippen molar-refractivity contribution >= 4 is 16.9 Å². The average molecular weight is 357 g/mol. The quantitative estimate of drug-likeness (QED) is 0.357. The highest BCUT2D eigenvalue weighted by Gasteiger charge is 2.08. The molecular formula is C22H28O2S. The van der Waals surface area contributed by atoms with E-state index in [1.807, 2.05) is 36.4 Å². The Labute approximate surface area is 156 Å². The van der Waals surface area contributed by atoms with E-state index in [2.05, 4.69) is 26.0 Å². The van der Waals surface area contributed by atoms with Crippen LogP contribution in [-0.2, 0) is 6.42 Å². The fourth-order valence-electron chi connectivity index (χ4n) is 2.49. The van der Waals surface area contributed by atoms with E-state index in [-0.39, 0.29) is 5.12 Å². The summed E-state index contributed by atoms with van der Waals surface area (Å²) >= 11 is 1.27.